The van der Waals surface area contributed by atoms with E-state index in [9.17, 15) is 0 Å². The van der Waals surface area contributed by atoms with Crippen LogP contribution >= 0.6 is 23.4 Å². The van der Waals surface area contributed by atoms with E-state index in [1.165, 1.54) is 0 Å². The predicted molar refractivity (Wildman–Crippen MR) is 72.3 cm³/mol. The van der Waals surface area contributed by atoms with Gasteiger partial charge in [0, 0.05) is 16.8 Å². The zero-order chi connectivity index (χ0) is 12.0. The molecular weight excluding hydrogens is 240 g/mol. The highest BCUT2D eigenvalue weighted by molar-refractivity contribution is 7.99. The molecule has 1 aromatic carbocycles. The second-order valence-corrected chi connectivity index (χ2v) is 5.26. The number of anilines is 1. The molecule has 0 saturated carbocycles. The summed E-state index contributed by atoms with van der Waals surface area (Å²) in [5.74, 6) is 2.13. The average molecular weight is 255 g/mol. The van der Waals surface area contributed by atoms with Gasteiger partial charge < -0.3 is 5.32 Å². The van der Waals surface area contributed by atoms with Gasteiger partial charge in [-0.15, -0.1) is 0 Å². The van der Waals surface area contributed by atoms with Crippen LogP contribution in [0.25, 0.3) is 0 Å². The number of hydrogen-bond acceptors (Lipinski definition) is 3. The number of hydrogen-bond donors (Lipinski definition) is 1. The fraction of sp³-hybridized carbons (Fsp3) is 0.417. The summed E-state index contributed by atoms with van der Waals surface area (Å²) in [4.78, 5) is 0. The number of nitriles is 1. The van der Waals surface area contributed by atoms with Crippen molar-refractivity contribution < 1.29 is 0 Å². The van der Waals surface area contributed by atoms with E-state index in [0.29, 0.717) is 16.6 Å². The Morgan fingerprint density at radius 2 is 2.31 bits per heavy atom. The molecule has 0 saturated heterocycles. The molecular formula is C12H15ClN2S. The van der Waals surface area contributed by atoms with E-state index in [1.807, 2.05) is 11.8 Å². The van der Waals surface area contributed by atoms with Gasteiger partial charge in [-0.05, 0) is 30.9 Å². The van der Waals surface area contributed by atoms with E-state index in [0.717, 1.165) is 17.2 Å². The zero-order valence-corrected chi connectivity index (χ0v) is 11.0. The summed E-state index contributed by atoms with van der Waals surface area (Å²) in [6.07, 6.45) is 0. The monoisotopic (exact) mass is 254 g/mol. The molecule has 2 nitrogen and oxygen atoms in total. The Bertz CT molecular complexity index is 387. The third-order valence-corrected chi connectivity index (χ3v) is 3.45. The van der Waals surface area contributed by atoms with Crippen LogP contribution in [-0.2, 0) is 0 Å². The molecule has 86 valence electrons. The van der Waals surface area contributed by atoms with Crippen molar-refractivity contribution in [1.29, 1.82) is 5.26 Å². The lowest BCUT2D eigenvalue weighted by Gasteiger charge is -2.15. The maximum absolute atomic E-state index is 8.96. The summed E-state index contributed by atoms with van der Waals surface area (Å²) in [5.41, 5.74) is 1.46. The molecule has 1 unspecified atom stereocenters. The van der Waals surface area contributed by atoms with Gasteiger partial charge in [-0.25, -0.2) is 0 Å². The van der Waals surface area contributed by atoms with Crippen molar-refractivity contribution in [3.05, 3.63) is 28.8 Å². The maximum Gasteiger partial charge on any atom is 0.101 e. The molecule has 0 heterocycles. The largest absolute Gasteiger partial charge is 0.381 e. The number of nitrogens with one attached hydrogen (secondary N) is 1. The van der Waals surface area contributed by atoms with Gasteiger partial charge in [-0.1, -0.05) is 18.5 Å². The van der Waals surface area contributed by atoms with Gasteiger partial charge in [0.15, 0.2) is 0 Å². The van der Waals surface area contributed by atoms with Gasteiger partial charge in [0.2, 0.25) is 0 Å². The van der Waals surface area contributed by atoms with E-state index < -0.39 is 0 Å². The molecule has 0 fully saturated rings. The molecule has 0 aromatic heterocycles. The average Bonchev–Trinajstić information content (AvgIpc) is 2.27. The number of nitrogens with zero attached hydrogens (tertiary/aromatic N) is 1. The molecule has 1 rings (SSSR count). The minimum absolute atomic E-state index is 0.329. The first kappa shape index (κ1) is 13.2. The summed E-state index contributed by atoms with van der Waals surface area (Å²) in [7, 11) is 0. The molecule has 0 aliphatic carbocycles. The van der Waals surface area contributed by atoms with Crippen molar-refractivity contribution in [2.45, 2.75) is 19.9 Å². The van der Waals surface area contributed by atoms with E-state index in [-0.39, 0.29) is 0 Å². The minimum atomic E-state index is 0.329. The van der Waals surface area contributed by atoms with Gasteiger partial charge in [-0.3, -0.25) is 0 Å². The summed E-state index contributed by atoms with van der Waals surface area (Å²) in [6, 6.07) is 7.76. The van der Waals surface area contributed by atoms with Crippen LogP contribution in [-0.4, -0.2) is 17.5 Å². The summed E-state index contributed by atoms with van der Waals surface area (Å²) >= 11 is 7.78. The van der Waals surface area contributed by atoms with Crippen molar-refractivity contribution >= 4 is 29.1 Å². The third kappa shape index (κ3) is 3.96. The third-order valence-electron chi connectivity index (χ3n) is 2.08. The maximum atomic E-state index is 8.96. The lowest BCUT2D eigenvalue weighted by atomic mass is 10.2. The fourth-order valence-electron chi connectivity index (χ4n) is 1.34. The van der Waals surface area contributed by atoms with Crippen molar-refractivity contribution in [3.63, 3.8) is 0 Å². The Morgan fingerprint density at radius 1 is 1.56 bits per heavy atom. The highest BCUT2D eigenvalue weighted by Gasteiger charge is 2.06. The molecule has 0 aliphatic heterocycles. The highest BCUT2D eigenvalue weighted by atomic mass is 35.5. The van der Waals surface area contributed by atoms with Crippen LogP contribution in [0.5, 0.6) is 0 Å². The molecule has 1 atom stereocenters. The van der Waals surface area contributed by atoms with Crippen LogP contribution in [0.4, 0.5) is 5.69 Å². The Labute approximate surface area is 106 Å². The predicted octanol–water partition coefficient (Wildman–Crippen LogP) is 3.77. The summed E-state index contributed by atoms with van der Waals surface area (Å²) < 4.78 is 0. The fourth-order valence-corrected chi connectivity index (χ4v) is 2.18. The molecule has 4 heteroatoms. The van der Waals surface area contributed by atoms with Crippen molar-refractivity contribution in [3.8, 4) is 6.07 Å². The molecule has 0 amide bonds. The number of rotatable bonds is 5. The molecule has 16 heavy (non-hydrogen) atoms. The summed E-state index contributed by atoms with van der Waals surface area (Å²) in [6.45, 7) is 4.24. The van der Waals surface area contributed by atoms with Gasteiger partial charge in [0.05, 0.1) is 11.3 Å². The lowest BCUT2D eigenvalue weighted by molar-refractivity contribution is 0.912. The normalized spacial score (nSPS) is 11.9. The zero-order valence-electron chi connectivity index (χ0n) is 9.46. The SMILES string of the molecule is CCSCC(C)Nc1cc(Cl)ccc1C#N. The van der Waals surface area contributed by atoms with Crippen LogP contribution in [0.1, 0.15) is 19.4 Å². The smallest absolute Gasteiger partial charge is 0.101 e. The molecule has 0 aliphatic rings. The second kappa shape index (κ2) is 6.67. The Balaban J connectivity index is 2.72. The first-order valence-electron chi connectivity index (χ1n) is 5.21. The van der Waals surface area contributed by atoms with Crippen LogP contribution in [0, 0.1) is 11.3 Å². The van der Waals surface area contributed by atoms with Gasteiger partial charge >= 0.3 is 0 Å². The Morgan fingerprint density at radius 3 is 2.94 bits per heavy atom. The number of halogens is 1. The molecule has 1 N–H and O–H groups in total. The van der Waals surface area contributed by atoms with Crippen LogP contribution in [0.15, 0.2) is 18.2 Å². The standard InChI is InChI=1S/C12H15ClN2S/c1-3-16-8-9(2)15-12-6-11(13)5-4-10(12)7-14/h4-6,9,15H,3,8H2,1-2H3. The van der Waals surface area contributed by atoms with Gasteiger partial charge in [-0.2, -0.15) is 17.0 Å². The molecule has 0 spiro atoms. The Hall–Kier alpha value is -0.850. The van der Waals surface area contributed by atoms with Crippen molar-refractivity contribution in [1.82, 2.24) is 0 Å². The van der Waals surface area contributed by atoms with E-state index in [4.69, 9.17) is 16.9 Å². The van der Waals surface area contributed by atoms with Gasteiger partial charge in [0.25, 0.3) is 0 Å². The highest BCUT2D eigenvalue weighted by Crippen LogP contribution is 2.21. The van der Waals surface area contributed by atoms with Crippen LogP contribution in [0.2, 0.25) is 5.02 Å². The second-order valence-electron chi connectivity index (χ2n) is 3.51. The lowest BCUT2D eigenvalue weighted by Crippen LogP contribution is -2.18. The quantitative estimate of drug-likeness (QED) is 0.869. The molecule has 0 bridgehead atoms. The van der Waals surface area contributed by atoms with E-state index >= 15 is 0 Å². The van der Waals surface area contributed by atoms with Crippen molar-refractivity contribution in [2.75, 3.05) is 16.8 Å². The number of benzene rings is 1. The van der Waals surface area contributed by atoms with Gasteiger partial charge in [0.1, 0.15) is 6.07 Å². The van der Waals surface area contributed by atoms with E-state index in [2.05, 4.69) is 25.2 Å². The first-order valence-corrected chi connectivity index (χ1v) is 6.74. The summed E-state index contributed by atoms with van der Waals surface area (Å²) in [5, 5.41) is 12.9. The van der Waals surface area contributed by atoms with Crippen LogP contribution in [0.3, 0.4) is 0 Å². The Kier molecular flexibility index (Phi) is 5.51. The van der Waals surface area contributed by atoms with Crippen LogP contribution < -0.4 is 5.32 Å². The topological polar surface area (TPSA) is 35.8 Å². The van der Waals surface area contributed by atoms with E-state index in [1.54, 1.807) is 18.2 Å². The molecule has 0 radical (unpaired) electrons. The number of thioether (sulfide) groups is 1. The van der Waals surface area contributed by atoms with Crippen molar-refractivity contribution in [2.24, 2.45) is 0 Å². The molecule has 1 aromatic rings. The minimum Gasteiger partial charge on any atom is -0.381 e. The first-order chi connectivity index (χ1) is 7.67.